The van der Waals surface area contributed by atoms with E-state index in [0.29, 0.717) is 13.0 Å². The van der Waals surface area contributed by atoms with Crippen molar-refractivity contribution in [3.05, 3.63) is 29.8 Å². The van der Waals surface area contributed by atoms with Crippen LogP contribution in [0.2, 0.25) is 0 Å². The molecule has 20 heavy (non-hydrogen) atoms. The average Bonchev–Trinajstić information content (AvgIpc) is 2.49. The molecule has 0 aromatic heterocycles. The van der Waals surface area contributed by atoms with Crippen LogP contribution >= 0.6 is 0 Å². The molecule has 1 fully saturated rings. The normalized spacial score (nSPS) is 16.2. The number of methoxy groups -OCH3 is 1. The van der Waals surface area contributed by atoms with Crippen molar-refractivity contribution in [1.29, 1.82) is 0 Å². The van der Waals surface area contributed by atoms with Gasteiger partial charge in [-0.1, -0.05) is 18.2 Å². The van der Waals surface area contributed by atoms with Crippen LogP contribution in [-0.2, 0) is 11.2 Å². The van der Waals surface area contributed by atoms with E-state index in [9.17, 15) is 4.79 Å². The van der Waals surface area contributed by atoms with Gasteiger partial charge in [-0.05, 0) is 6.07 Å². The van der Waals surface area contributed by atoms with E-state index in [-0.39, 0.29) is 5.91 Å². The summed E-state index contributed by atoms with van der Waals surface area (Å²) in [5, 5.41) is 0. The highest BCUT2D eigenvalue weighted by atomic mass is 16.5. The summed E-state index contributed by atoms with van der Waals surface area (Å²) in [5.74, 6) is 0.949. The van der Waals surface area contributed by atoms with Gasteiger partial charge in [0.2, 0.25) is 5.91 Å². The van der Waals surface area contributed by atoms with Crippen molar-refractivity contribution >= 4 is 5.91 Å². The third-order valence-corrected chi connectivity index (χ3v) is 3.70. The lowest BCUT2D eigenvalue weighted by Gasteiger charge is -2.34. The van der Waals surface area contributed by atoms with Crippen LogP contribution in [0.15, 0.2) is 24.3 Å². The first kappa shape index (κ1) is 14.8. The maximum atomic E-state index is 12.3. The van der Waals surface area contributed by atoms with E-state index in [0.717, 1.165) is 44.0 Å². The Morgan fingerprint density at radius 2 is 1.95 bits per heavy atom. The number of benzene rings is 1. The van der Waals surface area contributed by atoms with Gasteiger partial charge in [0.25, 0.3) is 0 Å². The van der Waals surface area contributed by atoms with Crippen LogP contribution < -0.4 is 10.5 Å². The van der Waals surface area contributed by atoms with Gasteiger partial charge in [0, 0.05) is 44.8 Å². The van der Waals surface area contributed by atoms with Crippen LogP contribution in [0.1, 0.15) is 5.56 Å². The first-order chi connectivity index (χ1) is 9.74. The molecule has 1 aromatic rings. The van der Waals surface area contributed by atoms with E-state index in [1.807, 2.05) is 29.2 Å². The van der Waals surface area contributed by atoms with E-state index in [2.05, 4.69) is 4.90 Å². The number of ether oxygens (including phenoxy) is 1. The zero-order valence-corrected chi connectivity index (χ0v) is 12.0. The molecule has 110 valence electrons. The molecule has 1 heterocycles. The third kappa shape index (κ3) is 3.71. The van der Waals surface area contributed by atoms with E-state index in [1.54, 1.807) is 7.11 Å². The number of amides is 1. The number of para-hydroxylation sites is 1. The number of carbonyl (C=O) groups excluding carboxylic acids is 1. The van der Waals surface area contributed by atoms with Crippen LogP contribution in [0, 0.1) is 0 Å². The van der Waals surface area contributed by atoms with Gasteiger partial charge < -0.3 is 15.4 Å². The van der Waals surface area contributed by atoms with Crippen LogP contribution in [-0.4, -0.2) is 62.1 Å². The lowest BCUT2D eigenvalue weighted by Crippen LogP contribution is -2.50. The van der Waals surface area contributed by atoms with Gasteiger partial charge in [0.05, 0.1) is 13.5 Å². The zero-order chi connectivity index (χ0) is 14.4. The largest absolute Gasteiger partial charge is 0.496 e. The van der Waals surface area contributed by atoms with Crippen LogP contribution in [0.5, 0.6) is 5.75 Å². The molecule has 0 aliphatic carbocycles. The summed E-state index contributed by atoms with van der Waals surface area (Å²) in [7, 11) is 1.63. The minimum Gasteiger partial charge on any atom is -0.496 e. The smallest absolute Gasteiger partial charge is 0.227 e. The quantitative estimate of drug-likeness (QED) is 0.843. The van der Waals surface area contributed by atoms with Gasteiger partial charge in [0.1, 0.15) is 5.75 Å². The monoisotopic (exact) mass is 277 g/mol. The summed E-state index contributed by atoms with van der Waals surface area (Å²) in [5.41, 5.74) is 6.50. The molecule has 1 amide bonds. The fraction of sp³-hybridized carbons (Fsp3) is 0.533. The molecule has 5 heteroatoms. The number of nitrogens with two attached hydrogens (primary N) is 1. The van der Waals surface area contributed by atoms with Gasteiger partial charge >= 0.3 is 0 Å². The molecule has 1 aliphatic rings. The molecule has 1 aliphatic heterocycles. The highest BCUT2D eigenvalue weighted by Gasteiger charge is 2.21. The second-order valence-corrected chi connectivity index (χ2v) is 5.00. The predicted octanol–water partition coefficient (Wildman–Crippen LogP) is 0.341. The van der Waals surface area contributed by atoms with E-state index in [1.165, 1.54) is 0 Å². The number of carbonyl (C=O) groups is 1. The summed E-state index contributed by atoms with van der Waals surface area (Å²) in [6, 6.07) is 7.69. The molecule has 1 aromatic carbocycles. The highest BCUT2D eigenvalue weighted by molar-refractivity contribution is 5.79. The molecule has 1 saturated heterocycles. The fourth-order valence-electron chi connectivity index (χ4n) is 2.53. The predicted molar refractivity (Wildman–Crippen MR) is 78.8 cm³/mol. The minimum atomic E-state index is 0.168. The van der Waals surface area contributed by atoms with Crippen molar-refractivity contribution in [1.82, 2.24) is 9.80 Å². The van der Waals surface area contributed by atoms with Crippen LogP contribution in [0.4, 0.5) is 0 Å². The van der Waals surface area contributed by atoms with Gasteiger partial charge in [-0.3, -0.25) is 9.69 Å². The van der Waals surface area contributed by atoms with E-state index < -0.39 is 0 Å². The van der Waals surface area contributed by atoms with Crippen molar-refractivity contribution in [2.45, 2.75) is 6.42 Å². The average molecular weight is 277 g/mol. The Morgan fingerprint density at radius 1 is 1.25 bits per heavy atom. The summed E-state index contributed by atoms with van der Waals surface area (Å²) >= 11 is 0. The van der Waals surface area contributed by atoms with Crippen LogP contribution in [0.3, 0.4) is 0 Å². The Labute approximate surface area is 120 Å². The Balaban J connectivity index is 1.89. The van der Waals surface area contributed by atoms with Crippen molar-refractivity contribution in [2.24, 2.45) is 5.73 Å². The molecule has 0 unspecified atom stereocenters. The molecule has 2 N–H and O–H groups in total. The molecule has 0 atom stereocenters. The Kier molecular flexibility index (Phi) is 5.38. The molecular weight excluding hydrogens is 254 g/mol. The summed E-state index contributed by atoms with van der Waals surface area (Å²) < 4.78 is 5.29. The number of nitrogens with zero attached hydrogens (tertiary/aromatic N) is 2. The molecule has 2 rings (SSSR count). The van der Waals surface area contributed by atoms with Crippen molar-refractivity contribution < 1.29 is 9.53 Å². The second kappa shape index (κ2) is 7.26. The Bertz CT molecular complexity index is 442. The number of piperazine rings is 1. The molecule has 0 spiro atoms. The van der Waals surface area contributed by atoms with Gasteiger partial charge in [-0.2, -0.15) is 0 Å². The number of hydrogen-bond donors (Lipinski definition) is 1. The van der Waals surface area contributed by atoms with Crippen molar-refractivity contribution in [3.8, 4) is 5.75 Å². The number of hydrogen-bond acceptors (Lipinski definition) is 4. The summed E-state index contributed by atoms with van der Waals surface area (Å²) in [6.45, 7) is 4.98. The summed E-state index contributed by atoms with van der Waals surface area (Å²) in [4.78, 5) is 16.6. The Morgan fingerprint density at radius 3 is 2.60 bits per heavy atom. The van der Waals surface area contributed by atoms with E-state index in [4.69, 9.17) is 10.5 Å². The standard InChI is InChI=1S/C15H23N3O2/c1-20-14-5-3-2-4-13(14)12-15(19)18-10-8-17(7-6-16)9-11-18/h2-5H,6-12,16H2,1H3. The van der Waals surface area contributed by atoms with Crippen molar-refractivity contribution in [3.63, 3.8) is 0 Å². The first-order valence-corrected chi connectivity index (χ1v) is 7.06. The molecule has 0 bridgehead atoms. The lowest BCUT2D eigenvalue weighted by molar-refractivity contribution is -0.132. The highest BCUT2D eigenvalue weighted by Crippen LogP contribution is 2.18. The second-order valence-electron chi connectivity index (χ2n) is 5.00. The Hall–Kier alpha value is -1.59. The molecular formula is C15H23N3O2. The van der Waals surface area contributed by atoms with Gasteiger partial charge in [0.15, 0.2) is 0 Å². The first-order valence-electron chi connectivity index (χ1n) is 7.06. The van der Waals surface area contributed by atoms with E-state index >= 15 is 0 Å². The number of rotatable bonds is 5. The topological polar surface area (TPSA) is 58.8 Å². The molecule has 0 saturated carbocycles. The maximum Gasteiger partial charge on any atom is 0.227 e. The van der Waals surface area contributed by atoms with Gasteiger partial charge in [-0.15, -0.1) is 0 Å². The minimum absolute atomic E-state index is 0.168. The molecule has 5 nitrogen and oxygen atoms in total. The SMILES string of the molecule is COc1ccccc1CC(=O)N1CCN(CCN)CC1. The van der Waals surface area contributed by atoms with Gasteiger partial charge in [-0.25, -0.2) is 0 Å². The fourth-order valence-corrected chi connectivity index (χ4v) is 2.53. The van der Waals surface area contributed by atoms with Crippen LogP contribution in [0.25, 0.3) is 0 Å². The zero-order valence-electron chi connectivity index (χ0n) is 12.0. The summed E-state index contributed by atoms with van der Waals surface area (Å²) in [6.07, 6.45) is 0.404. The third-order valence-electron chi connectivity index (χ3n) is 3.70. The molecule has 0 radical (unpaired) electrons. The maximum absolute atomic E-state index is 12.3. The van der Waals surface area contributed by atoms with Crippen molar-refractivity contribution in [2.75, 3.05) is 46.4 Å². The lowest BCUT2D eigenvalue weighted by atomic mass is 10.1.